The van der Waals surface area contributed by atoms with Crippen molar-refractivity contribution >= 4 is 17.5 Å². The minimum absolute atomic E-state index is 0.00503. The molecular weight excluding hydrogens is 354 g/mol. The van der Waals surface area contributed by atoms with E-state index in [-0.39, 0.29) is 17.9 Å². The van der Waals surface area contributed by atoms with E-state index >= 15 is 0 Å². The molecule has 2 N–H and O–H groups in total. The van der Waals surface area contributed by atoms with Gasteiger partial charge in [0.2, 0.25) is 5.91 Å². The zero-order chi connectivity index (χ0) is 19.7. The Morgan fingerprint density at radius 1 is 1.14 bits per heavy atom. The van der Waals surface area contributed by atoms with Crippen LogP contribution in [0, 0.1) is 6.92 Å². The van der Waals surface area contributed by atoms with Crippen molar-refractivity contribution in [2.24, 2.45) is 5.73 Å². The third-order valence-electron chi connectivity index (χ3n) is 6.08. The summed E-state index contributed by atoms with van der Waals surface area (Å²) in [6, 6.07) is 3.71. The molecule has 4 rings (SSSR count). The maximum Gasteiger partial charge on any atom is 0.274 e. The monoisotopic (exact) mass is 383 g/mol. The number of rotatable bonds is 4. The van der Waals surface area contributed by atoms with Gasteiger partial charge in [-0.15, -0.1) is 0 Å². The molecule has 2 saturated heterocycles. The predicted molar refractivity (Wildman–Crippen MR) is 107 cm³/mol. The SMILES string of the molecule is Cc1cccn2c(CN3CCCCC3C(N)=O)c(C(=O)N3CCCCC3)nc12. The van der Waals surface area contributed by atoms with Crippen LogP contribution in [0.1, 0.15) is 60.3 Å². The Hall–Kier alpha value is -2.41. The summed E-state index contributed by atoms with van der Waals surface area (Å²) in [5.41, 5.74) is 8.89. The van der Waals surface area contributed by atoms with Crippen molar-refractivity contribution in [1.29, 1.82) is 0 Å². The Morgan fingerprint density at radius 3 is 2.64 bits per heavy atom. The second kappa shape index (κ2) is 7.91. The Bertz CT molecular complexity index is 884. The molecule has 2 aliphatic heterocycles. The molecule has 2 aliphatic rings. The molecule has 0 radical (unpaired) electrons. The number of nitrogens with zero attached hydrogens (tertiary/aromatic N) is 4. The Kier molecular flexibility index (Phi) is 5.35. The number of aryl methyl sites for hydroxylation is 1. The van der Waals surface area contributed by atoms with Gasteiger partial charge < -0.3 is 15.0 Å². The highest BCUT2D eigenvalue weighted by Gasteiger charge is 2.31. The molecule has 2 aromatic heterocycles. The van der Waals surface area contributed by atoms with Crippen LogP contribution in [0.5, 0.6) is 0 Å². The number of hydrogen-bond donors (Lipinski definition) is 1. The number of likely N-dealkylation sites (tertiary alicyclic amines) is 2. The fraction of sp³-hybridized carbons (Fsp3) is 0.571. The molecule has 150 valence electrons. The number of carbonyl (C=O) groups excluding carboxylic acids is 2. The van der Waals surface area contributed by atoms with E-state index in [1.807, 2.05) is 34.6 Å². The zero-order valence-electron chi connectivity index (χ0n) is 16.6. The van der Waals surface area contributed by atoms with Crippen molar-refractivity contribution in [3.8, 4) is 0 Å². The van der Waals surface area contributed by atoms with Crippen LogP contribution >= 0.6 is 0 Å². The molecule has 0 aliphatic carbocycles. The second-order valence-electron chi connectivity index (χ2n) is 8.03. The Labute approximate surface area is 165 Å². The molecule has 0 bridgehead atoms. The first-order valence-corrected chi connectivity index (χ1v) is 10.4. The second-order valence-corrected chi connectivity index (χ2v) is 8.03. The quantitative estimate of drug-likeness (QED) is 0.876. The van der Waals surface area contributed by atoms with Crippen LogP contribution in [-0.2, 0) is 11.3 Å². The van der Waals surface area contributed by atoms with Crippen LogP contribution in [0.15, 0.2) is 18.3 Å². The van der Waals surface area contributed by atoms with Crippen molar-refractivity contribution in [2.45, 2.75) is 58.0 Å². The first-order valence-electron chi connectivity index (χ1n) is 10.4. The number of hydrogen-bond acceptors (Lipinski definition) is 4. The molecule has 1 atom stereocenters. The van der Waals surface area contributed by atoms with E-state index < -0.39 is 0 Å². The lowest BCUT2D eigenvalue weighted by atomic mass is 10.0. The van der Waals surface area contributed by atoms with Gasteiger partial charge in [-0.2, -0.15) is 0 Å². The number of amides is 2. The summed E-state index contributed by atoms with van der Waals surface area (Å²) < 4.78 is 2.01. The molecule has 7 nitrogen and oxygen atoms in total. The number of pyridine rings is 1. The first kappa shape index (κ1) is 18.9. The van der Waals surface area contributed by atoms with Crippen molar-refractivity contribution < 1.29 is 9.59 Å². The summed E-state index contributed by atoms with van der Waals surface area (Å²) in [6.45, 7) is 4.91. The van der Waals surface area contributed by atoms with Crippen LogP contribution in [0.2, 0.25) is 0 Å². The van der Waals surface area contributed by atoms with Crippen LogP contribution in [0.4, 0.5) is 0 Å². The van der Waals surface area contributed by atoms with Gasteiger partial charge in [0.15, 0.2) is 5.69 Å². The maximum atomic E-state index is 13.3. The van der Waals surface area contributed by atoms with Crippen LogP contribution in [0.3, 0.4) is 0 Å². The highest BCUT2D eigenvalue weighted by atomic mass is 16.2. The molecule has 7 heteroatoms. The fourth-order valence-electron chi connectivity index (χ4n) is 4.52. The summed E-state index contributed by atoms with van der Waals surface area (Å²) in [5, 5.41) is 0. The van der Waals surface area contributed by atoms with Gasteiger partial charge in [0, 0.05) is 25.8 Å². The lowest BCUT2D eigenvalue weighted by Gasteiger charge is -2.33. The minimum atomic E-state index is -0.284. The number of piperidine rings is 2. The van der Waals surface area contributed by atoms with Gasteiger partial charge >= 0.3 is 0 Å². The van der Waals surface area contributed by atoms with Gasteiger partial charge in [-0.05, 0) is 57.2 Å². The van der Waals surface area contributed by atoms with E-state index in [2.05, 4.69) is 4.90 Å². The number of nitrogens with two attached hydrogens (primary N) is 1. The van der Waals surface area contributed by atoms with Gasteiger partial charge in [-0.1, -0.05) is 12.5 Å². The standard InChI is InChI=1S/C21H29N5O2/c1-15-8-7-13-26-17(14-25-12-6-3-9-16(25)19(22)27)18(23-20(15)26)21(28)24-10-4-2-5-11-24/h7-8,13,16H,2-6,9-12,14H2,1H3,(H2,22,27). The van der Waals surface area contributed by atoms with Gasteiger partial charge in [0.05, 0.1) is 11.7 Å². The van der Waals surface area contributed by atoms with Gasteiger partial charge in [0.25, 0.3) is 5.91 Å². The van der Waals surface area contributed by atoms with Crippen LogP contribution in [0.25, 0.3) is 5.65 Å². The maximum absolute atomic E-state index is 13.3. The molecule has 0 saturated carbocycles. The molecule has 28 heavy (non-hydrogen) atoms. The molecule has 0 aromatic carbocycles. The average Bonchev–Trinajstić information content (AvgIpc) is 3.08. The molecule has 2 amide bonds. The van der Waals surface area contributed by atoms with Crippen molar-refractivity contribution in [3.63, 3.8) is 0 Å². The Balaban J connectivity index is 1.73. The fourth-order valence-corrected chi connectivity index (χ4v) is 4.52. The summed E-state index contributed by atoms with van der Waals surface area (Å²) in [7, 11) is 0. The smallest absolute Gasteiger partial charge is 0.274 e. The van der Waals surface area contributed by atoms with Crippen LogP contribution < -0.4 is 5.73 Å². The van der Waals surface area contributed by atoms with E-state index in [9.17, 15) is 9.59 Å². The number of imidazole rings is 1. The van der Waals surface area contributed by atoms with E-state index in [4.69, 9.17) is 10.7 Å². The Morgan fingerprint density at radius 2 is 1.89 bits per heavy atom. The first-order chi connectivity index (χ1) is 13.6. The van der Waals surface area contributed by atoms with Crippen molar-refractivity contribution in [3.05, 3.63) is 35.3 Å². The summed E-state index contributed by atoms with van der Waals surface area (Å²) in [5.74, 6) is -0.279. The molecule has 4 heterocycles. The highest BCUT2D eigenvalue weighted by Crippen LogP contribution is 2.24. The number of aromatic nitrogens is 2. The zero-order valence-corrected chi connectivity index (χ0v) is 16.6. The summed E-state index contributed by atoms with van der Waals surface area (Å²) >= 11 is 0. The minimum Gasteiger partial charge on any atom is -0.368 e. The molecule has 1 unspecified atom stereocenters. The van der Waals surface area contributed by atoms with E-state index in [1.54, 1.807) is 0 Å². The van der Waals surface area contributed by atoms with E-state index in [0.717, 1.165) is 68.6 Å². The molecule has 2 aromatic rings. The van der Waals surface area contributed by atoms with Gasteiger partial charge in [0.1, 0.15) is 5.65 Å². The third-order valence-corrected chi connectivity index (χ3v) is 6.08. The molecule has 2 fully saturated rings. The van der Waals surface area contributed by atoms with Gasteiger partial charge in [-0.25, -0.2) is 4.98 Å². The average molecular weight is 383 g/mol. The summed E-state index contributed by atoms with van der Waals surface area (Å²) in [4.78, 5) is 34.0. The lowest BCUT2D eigenvalue weighted by Crippen LogP contribution is -2.47. The summed E-state index contributed by atoms with van der Waals surface area (Å²) in [6.07, 6.45) is 8.05. The molecule has 0 spiro atoms. The van der Waals surface area contributed by atoms with E-state index in [1.165, 1.54) is 6.42 Å². The number of primary amides is 1. The normalized spacial score (nSPS) is 21.2. The largest absolute Gasteiger partial charge is 0.368 e. The lowest BCUT2D eigenvalue weighted by molar-refractivity contribution is -0.124. The third kappa shape index (κ3) is 3.51. The number of carbonyl (C=O) groups is 2. The van der Waals surface area contributed by atoms with Crippen LogP contribution in [-0.4, -0.2) is 56.7 Å². The topological polar surface area (TPSA) is 83.9 Å². The molecular formula is C21H29N5O2. The van der Waals surface area contributed by atoms with E-state index in [0.29, 0.717) is 12.2 Å². The highest BCUT2D eigenvalue weighted by molar-refractivity contribution is 5.94. The number of fused-ring (bicyclic) bond motifs is 1. The predicted octanol–water partition coefficient (Wildman–Crippen LogP) is 2.11. The van der Waals surface area contributed by atoms with Crippen molar-refractivity contribution in [1.82, 2.24) is 19.2 Å². The van der Waals surface area contributed by atoms with Gasteiger partial charge in [-0.3, -0.25) is 14.5 Å². The van der Waals surface area contributed by atoms with Crippen molar-refractivity contribution in [2.75, 3.05) is 19.6 Å².